The van der Waals surface area contributed by atoms with Gasteiger partial charge in [-0.15, -0.1) is 11.3 Å². The van der Waals surface area contributed by atoms with Gasteiger partial charge in [-0.2, -0.15) is 5.10 Å². The van der Waals surface area contributed by atoms with Crippen LogP contribution in [0, 0.1) is 6.92 Å². The topological polar surface area (TPSA) is 70.9 Å². The third kappa shape index (κ3) is 1.10. The minimum atomic E-state index is -0.222. The van der Waals surface area contributed by atoms with Gasteiger partial charge >= 0.3 is 0 Å². The first-order valence-electron chi connectivity index (χ1n) is 4.80. The molecule has 0 fully saturated rings. The summed E-state index contributed by atoms with van der Waals surface area (Å²) in [5.74, 6) is -0.222. The minimum absolute atomic E-state index is 0.222. The zero-order chi connectivity index (χ0) is 11.3. The molecule has 0 saturated carbocycles. The molecule has 3 aromatic rings. The van der Waals surface area contributed by atoms with Gasteiger partial charge in [0.05, 0.1) is 5.39 Å². The van der Waals surface area contributed by atoms with Gasteiger partial charge < -0.3 is 9.73 Å². The Kier molecular flexibility index (Phi) is 1.81. The maximum absolute atomic E-state index is 11.5. The van der Waals surface area contributed by atoms with Gasteiger partial charge in [0.25, 0.3) is 5.91 Å². The van der Waals surface area contributed by atoms with Crippen molar-refractivity contribution in [3.05, 3.63) is 16.6 Å². The number of amides is 1. The molecule has 0 saturated heterocycles. The zero-order valence-corrected chi connectivity index (χ0v) is 9.57. The van der Waals surface area contributed by atoms with Crippen LogP contribution in [0.1, 0.15) is 15.4 Å². The van der Waals surface area contributed by atoms with Crippen molar-refractivity contribution in [2.75, 3.05) is 7.05 Å². The molecule has 3 rings (SSSR count). The molecule has 0 aliphatic heterocycles. The lowest BCUT2D eigenvalue weighted by molar-refractivity contribution is 0.0959. The molecular weight excluding hydrogens is 226 g/mol. The van der Waals surface area contributed by atoms with Crippen LogP contribution in [-0.4, -0.2) is 23.2 Å². The number of aromatic amines is 1. The van der Waals surface area contributed by atoms with Crippen molar-refractivity contribution in [2.45, 2.75) is 6.92 Å². The van der Waals surface area contributed by atoms with Crippen molar-refractivity contribution >= 4 is 38.6 Å². The second-order valence-electron chi connectivity index (χ2n) is 3.52. The number of carbonyl (C=O) groups excluding carboxylic acids is 1. The van der Waals surface area contributed by atoms with Crippen LogP contribution in [0.2, 0.25) is 0 Å². The van der Waals surface area contributed by atoms with E-state index in [9.17, 15) is 4.79 Å². The number of nitrogens with one attached hydrogen (secondary N) is 2. The fourth-order valence-electron chi connectivity index (χ4n) is 1.72. The summed E-state index contributed by atoms with van der Waals surface area (Å²) in [6, 6.07) is 2.01. The number of nitrogens with zero attached hydrogens (tertiary/aromatic N) is 1. The van der Waals surface area contributed by atoms with Crippen LogP contribution in [0.3, 0.4) is 0 Å². The molecule has 3 aromatic heterocycles. The van der Waals surface area contributed by atoms with Crippen molar-refractivity contribution in [3.8, 4) is 0 Å². The number of fused-ring (bicyclic) bond motifs is 3. The Balaban J connectivity index is 2.34. The molecule has 0 bridgehead atoms. The monoisotopic (exact) mass is 235 g/mol. The van der Waals surface area contributed by atoms with Crippen LogP contribution < -0.4 is 5.32 Å². The molecule has 16 heavy (non-hydrogen) atoms. The van der Waals surface area contributed by atoms with Crippen LogP contribution in [0.4, 0.5) is 0 Å². The highest BCUT2D eigenvalue weighted by Gasteiger charge is 2.19. The smallest absolute Gasteiger partial charge is 0.272 e. The SMILES string of the molecule is CNC(=O)c1[nH]nc2c1oc1sc(C)cc12. The minimum Gasteiger partial charge on any atom is -0.441 e. The summed E-state index contributed by atoms with van der Waals surface area (Å²) in [5, 5.41) is 10.3. The largest absolute Gasteiger partial charge is 0.441 e. The van der Waals surface area contributed by atoms with Crippen LogP contribution in [0.5, 0.6) is 0 Å². The summed E-state index contributed by atoms with van der Waals surface area (Å²) >= 11 is 1.56. The number of aryl methyl sites for hydroxylation is 1. The van der Waals surface area contributed by atoms with Gasteiger partial charge in [0.2, 0.25) is 0 Å². The van der Waals surface area contributed by atoms with E-state index in [4.69, 9.17) is 4.42 Å². The lowest BCUT2D eigenvalue weighted by atomic mass is 10.3. The molecule has 0 aromatic carbocycles. The third-order valence-corrected chi connectivity index (χ3v) is 3.38. The Bertz CT molecular complexity index is 691. The average Bonchev–Trinajstić information content (AvgIpc) is 2.87. The number of hydrogen-bond acceptors (Lipinski definition) is 4. The maximum Gasteiger partial charge on any atom is 0.272 e. The van der Waals surface area contributed by atoms with Crippen molar-refractivity contribution in [3.63, 3.8) is 0 Å². The standard InChI is InChI=1S/C10H9N3O2S/c1-4-3-5-6-8(15-10(5)16-4)7(13-12-6)9(14)11-2/h3H,1-2H3,(H,11,14)(H,12,13). The van der Waals surface area contributed by atoms with E-state index in [1.54, 1.807) is 18.4 Å². The molecule has 0 aliphatic carbocycles. The van der Waals surface area contributed by atoms with E-state index in [0.29, 0.717) is 11.3 Å². The lowest BCUT2D eigenvalue weighted by Gasteiger charge is -1.92. The highest BCUT2D eigenvalue weighted by atomic mass is 32.1. The number of carbonyl (C=O) groups is 1. The first-order chi connectivity index (χ1) is 7.70. The van der Waals surface area contributed by atoms with Gasteiger partial charge in [-0.1, -0.05) is 0 Å². The molecule has 0 atom stereocenters. The molecule has 5 nitrogen and oxygen atoms in total. The van der Waals surface area contributed by atoms with Crippen LogP contribution in [0.25, 0.3) is 21.4 Å². The Morgan fingerprint density at radius 1 is 1.62 bits per heavy atom. The van der Waals surface area contributed by atoms with Crippen LogP contribution in [-0.2, 0) is 0 Å². The molecular formula is C10H9N3O2S. The predicted octanol–water partition coefficient (Wildman–Crippen LogP) is 2.04. The first kappa shape index (κ1) is 9.41. The summed E-state index contributed by atoms with van der Waals surface area (Å²) in [7, 11) is 1.57. The van der Waals surface area contributed by atoms with E-state index in [1.807, 2.05) is 13.0 Å². The van der Waals surface area contributed by atoms with Crippen molar-refractivity contribution in [1.82, 2.24) is 15.5 Å². The average molecular weight is 235 g/mol. The van der Waals surface area contributed by atoms with Crippen molar-refractivity contribution in [2.24, 2.45) is 0 Å². The molecule has 1 amide bonds. The Morgan fingerprint density at radius 2 is 2.44 bits per heavy atom. The zero-order valence-electron chi connectivity index (χ0n) is 8.75. The van der Waals surface area contributed by atoms with E-state index >= 15 is 0 Å². The number of H-pyrrole nitrogens is 1. The Morgan fingerprint density at radius 3 is 3.19 bits per heavy atom. The highest BCUT2D eigenvalue weighted by molar-refractivity contribution is 7.18. The second-order valence-corrected chi connectivity index (χ2v) is 4.73. The van der Waals surface area contributed by atoms with Crippen LogP contribution in [0.15, 0.2) is 10.5 Å². The summed E-state index contributed by atoms with van der Waals surface area (Å²) in [6.45, 7) is 2.01. The molecule has 2 N–H and O–H groups in total. The number of hydrogen-bond donors (Lipinski definition) is 2. The van der Waals surface area contributed by atoms with Crippen molar-refractivity contribution in [1.29, 1.82) is 0 Å². The predicted molar refractivity (Wildman–Crippen MR) is 61.9 cm³/mol. The number of rotatable bonds is 1. The molecule has 0 aliphatic rings. The van der Waals surface area contributed by atoms with E-state index in [1.165, 1.54) is 4.88 Å². The Labute approximate surface area is 94.4 Å². The van der Waals surface area contributed by atoms with E-state index < -0.39 is 0 Å². The van der Waals surface area contributed by atoms with E-state index in [0.717, 1.165) is 15.8 Å². The maximum atomic E-state index is 11.5. The van der Waals surface area contributed by atoms with E-state index in [-0.39, 0.29) is 5.91 Å². The quantitative estimate of drug-likeness (QED) is 0.678. The van der Waals surface area contributed by atoms with Gasteiger partial charge in [-0.05, 0) is 13.0 Å². The third-order valence-electron chi connectivity index (χ3n) is 2.45. The van der Waals surface area contributed by atoms with Gasteiger partial charge in [-0.3, -0.25) is 9.89 Å². The summed E-state index contributed by atoms with van der Waals surface area (Å²) in [6.07, 6.45) is 0. The summed E-state index contributed by atoms with van der Waals surface area (Å²) in [5.41, 5.74) is 1.62. The molecule has 3 heterocycles. The summed E-state index contributed by atoms with van der Waals surface area (Å²) < 4.78 is 5.63. The number of furan rings is 1. The number of thiophene rings is 1. The molecule has 0 unspecified atom stereocenters. The number of aromatic nitrogens is 2. The van der Waals surface area contributed by atoms with Gasteiger partial charge in [0.1, 0.15) is 5.52 Å². The summed E-state index contributed by atoms with van der Waals surface area (Å²) in [4.78, 5) is 13.5. The second kappa shape index (κ2) is 3.08. The highest BCUT2D eigenvalue weighted by Crippen LogP contribution is 2.34. The lowest BCUT2D eigenvalue weighted by Crippen LogP contribution is -2.18. The fourth-order valence-corrected chi connectivity index (χ4v) is 2.58. The van der Waals surface area contributed by atoms with Gasteiger partial charge in [-0.25, -0.2) is 0 Å². The molecule has 0 spiro atoms. The van der Waals surface area contributed by atoms with Crippen LogP contribution >= 0.6 is 11.3 Å². The van der Waals surface area contributed by atoms with Gasteiger partial charge in [0, 0.05) is 11.9 Å². The van der Waals surface area contributed by atoms with E-state index in [2.05, 4.69) is 15.5 Å². The Hall–Kier alpha value is -1.82. The fraction of sp³-hybridized carbons (Fsp3) is 0.200. The molecule has 0 radical (unpaired) electrons. The molecule has 82 valence electrons. The normalized spacial score (nSPS) is 11.4. The van der Waals surface area contributed by atoms with Crippen molar-refractivity contribution < 1.29 is 9.21 Å². The first-order valence-corrected chi connectivity index (χ1v) is 5.61. The molecule has 6 heteroatoms. The van der Waals surface area contributed by atoms with Gasteiger partial charge in [0.15, 0.2) is 16.2 Å².